The number of nitrogens with zero attached hydrogens (tertiary/aromatic N) is 1. The van der Waals surface area contributed by atoms with E-state index < -0.39 is 12.1 Å². The van der Waals surface area contributed by atoms with Crippen LogP contribution >= 0.6 is 12.8 Å². The minimum Gasteiger partial charge on any atom is -0.497 e. The summed E-state index contributed by atoms with van der Waals surface area (Å²) >= 11 is 4.37. The van der Waals surface area contributed by atoms with Gasteiger partial charge in [0.15, 0.2) is 0 Å². The molecule has 0 bridgehead atoms. The zero-order chi connectivity index (χ0) is 21.5. The van der Waals surface area contributed by atoms with E-state index in [9.17, 15) is 9.59 Å². The maximum absolute atomic E-state index is 13.1. The second-order valence-corrected chi connectivity index (χ2v) is 7.05. The van der Waals surface area contributed by atoms with Crippen LogP contribution in [-0.4, -0.2) is 23.4 Å². The van der Waals surface area contributed by atoms with Gasteiger partial charge in [0.05, 0.1) is 7.11 Å². The summed E-state index contributed by atoms with van der Waals surface area (Å²) in [6.07, 6.45) is 0. The predicted molar refractivity (Wildman–Crippen MR) is 122 cm³/mol. The van der Waals surface area contributed by atoms with Gasteiger partial charge in [0.25, 0.3) is 5.91 Å². The Morgan fingerprint density at radius 1 is 0.900 bits per heavy atom. The van der Waals surface area contributed by atoms with Crippen LogP contribution in [0.2, 0.25) is 0 Å². The number of methoxy groups -OCH3 is 1. The Balaban J connectivity index is 1.83. The van der Waals surface area contributed by atoms with Crippen LogP contribution in [0.4, 0.5) is 16.2 Å². The number of amides is 3. The average molecular weight is 422 g/mol. The minimum absolute atomic E-state index is 0.365. The summed E-state index contributed by atoms with van der Waals surface area (Å²) < 4.78 is 6.21. The average Bonchev–Trinajstić information content (AvgIpc) is 2.76. The Morgan fingerprint density at radius 2 is 1.53 bits per heavy atom. The van der Waals surface area contributed by atoms with E-state index in [-0.39, 0.29) is 5.91 Å². The van der Waals surface area contributed by atoms with Crippen LogP contribution in [0.3, 0.4) is 0 Å². The third-order valence-corrected chi connectivity index (χ3v) is 4.97. The molecule has 0 aliphatic carbocycles. The fraction of sp³-hybridized carbons (Fsp3) is 0.130. The molecule has 30 heavy (non-hydrogen) atoms. The molecule has 2 N–H and O–H groups in total. The molecule has 0 heterocycles. The summed E-state index contributed by atoms with van der Waals surface area (Å²) in [4.78, 5) is 26.0. The van der Waals surface area contributed by atoms with Crippen LogP contribution in [0.15, 0.2) is 78.9 Å². The fourth-order valence-electron chi connectivity index (χ4n) is 2.93. The van der Waals surface area contributed by atoms with Gasteiger partial charge in [0, 0.05) is 11.4 Å². The summed E-state index contributed by atoms with van der Waals surface area (Å²) in [5, 5.41) is 5.65. The highest BCUT2D eigenvalue weighted by atomic mass is 32.1. The van der Waals surface area contributed by atoms with E-state index in [0.29, 0.717) is 22.7 Å². The van der Waals surface area contributed by atoms with E-state index in [4.69, 9.17) is 4.74 Å². The topological polar surface area (TPSA) is 70.7 Å². The first kappa shape index (κ1) is 21.3. The maximum atomic E-state index is 13.1. The lowest BCUT2D eigenvalue weighted by molar-refractivity contribution is -0.119. The molecule has 3 aromatic carbocycles. The fourth-order valence-corrected chi connectivity index (χ4v) is 3.21. The van der Waals surface area contributed by atoms with Gasteiger partial charge in [-0.15, -0.1) is 0 Å². The number of carbonyl (C=O) groups excluding carboxylic acids is 2. The number of nitrogens with one attached hydrogen (secondary N) is 2. The third-order valence-electron chi connectivity index (χ3n) is 4.56. The molecule has 3 amide bonds. The zero-order valence-electron chi connectivity index (χ0n) is 16.7. The Hall–Kier alpha value is -3.45. The van der Waals surface area contributed by atoms with Gasteiger partial charge in [-0.05, 0) is 48.4 Å². The normalized spacial score (nSPS) is 11.3. The Morgan fingerprint density at radius 3 is 2.17 bits per heavy atom. The molecule has 1 atom stereocenters. The van der Waals surface area contributed by atoms with Gasteiger partial charge in [-0.25, -0.2) is 4.79 Å². The highest BCUT2D eigenvalue weighted by Crippen LogP contribution is 2.26. The molecule has 0 spiro atoms. The molecule has 0 fully saturated rings. The molecule has 6 nitrogen and oxygen atoms in total. The Kier molecular flexibility index (Phi) is 6.98. The number of benzene rings is 3. The first-order chi connectivity index (χ1) is 14.5. The van der Waals surface area contributed by atoms with Crippen molar-refractivity contribution in [2.24, 2.45) is 0 Å². The van der Waals surface area contributed by atoms with Crippen molar-refractivity contribution in [3.8, 4) is 5.75 Å². The van der Waals surface area contributed by atoms with Crippen LogP contribution in [0.1, 0.15) is 17.2 Å². The van der Waals surface area contributed by atoms with Gasteiger partial charge in [0.1, 0.15) is 11.8 Å². The molecule has 0 saturated carbocycles. The van der Waals surface area contributed by atoms with E-state index in [1.807, 2.05) is 49.4 Å². The number of aryl methyl sites for hydroxylation is 1. The smallest absolute Gasteiger partial charge is 0.332 e. The number of hydrogen-bond acceptors (Lipinski definition) is 4. The quantitative estimate of drug-likeness (QED) is 0.487. The SMILES string of the molecule is COc1ccc(NC(=O)N(S)C(C(=O)Nc2ccccc2C)c2ccccc2)cc1. The number of anilines is 2. The molecular formula is C23H23N3O3S. The Bertz CT molecular complexity index is 1010. The zero-order valence-corrected chi connectivity index (χ0v) is 17.6. The molecule has 3 rings (SSSR count). The molecule has 0 aliphatic rings. The molecule has 3 aromatic rings. The van der Waals surface area contributed by atoms with Crippen LogP contribution < -0.4 is 15.4 Å². The van der Waals surface area contributed by atoms with E-state index in [1.54, 1.807) is 43.5 Å². The summed E-state index contributed by atoms with van der Waals surface area (Å²) in [7, 11) is 1.57. The molecule has 0 saturated heterocycles. The molecule has 0 aliphatic heterocycles. The number of para-hydroxylation sites is 1. The molecule has 0 radical (unpaired) electrons. The van der Waals surface area contributed by atoms with Crippen molar-refractivity contribution in [3.63, 3.8) is 0 Å². The highest BCUT2D eigenvalue weighted by Gasteiger charge is 2.30. The highest BCUT2D eigenvalue weighted by molar-refractivity contribution is 7.78. The van der Waals surface area contributed by atoms with E-state index in [1.165, 1.54) is 0 Å². The molecule has 0 aromatic heterocycles. The first-order valence-corrected chi connectivity index (χ1v) is 9.74. The second-order valence-electron chi connectivity index (χ2n) is 6.62. The number of thiol groups is 1. The van der Waals surface area contributed by atoms with Crippen molar-refractivity contribution in [2.45, 2.75) is 13.0 Å². The molecular weight excluding hydrogens is 398 g/mol. The van der Waals surface area contributed by atoms with Crippen LogP contribution in [0, 0.1) is 6.92 Å². The van der Waals surface area contributed by atoms with Crippen molar-refractivity contribution in [3.05, 3.63) is 90.0 Å². The van der Waals surface area contributed by atoms with Crippen molar-refractivity contribution in [1.82, 2.24) is 4.31 Å². The standard InChI is InChI=1S/C23H23N3O3S/c1-16-8-6-7-11-20(16)25-22(27)21(17-9-4-3-5-10-17)26(30)23(28)24-18-12-14-19(29-2)15-13-18/h3-15,21,30H,1-2H3,(H,24,28)(H,25,27). The monoisotopic (exact) mass is 421 g/mol. The maximum Gasteiger partial charge on any atom is 0.332 e. The van der Waals surface area contributed by atoms with Crippen LogP contribution in [-0.2, 0) is 4.79 Å². The first-order valence-electron chi connectivity index (χ1n) is 9.34. The third kappa shape index (κ3) is 5.12. The second kappa shape index (κ2) is 9.84. The van der Waals surface area contributed by atoms with Crippen LogP contribution in [0.25, 0.3) is 0 Å². The minimum atomic E-state index is -0.938. The molecule has 1 unspecified atom stereocenters. The molecule has 154 valence electrons. The van der Waals surface area contributed by atoms with E-state index in [0.717, 1.165) is 9.87 Å². The lowest BCUT2D eigenvalue weighted by Crippen LogP contribution is -2.38. The van der Waals surface area contributed by atoms with Gasteiger partial charge in [-0.3, -0.25) is 9.10 Å². The summed E-state index contributed by atoms with van der Waals surface area (Å²) in [6, 6.07) is 21.9. The summed E-state index contributed by atoms with van der Waals surface area (Å²) in [6.45, 7) is 1.90. The van der Waals surface area contributed by atoms with Crippen molar-refractivity contribution < 1.29 is 14.3 Å². The summed E-state index contributed by atoms with van der Waals surface area (Å²) in [5.74, 6) is 0.311. The van der Waals surface area contributed by atoms with Gasteiger partial charge < -0.3 is 15.4 Å². The number of urea groups is 1. The van der Waals surface area contributed by atoms with Gasteiger partial charge in [-0.2, -0.15) is 0 Å². The van der Waals surface area contributed by atoms with Gasteiger partial charge >= 0.3 is 6.03 Å². The number of hydrogen-bond donors (Lipinski definition) is 3. The Labute approximate surface area is 181 Å². The lowest BCUT2D eigenvalue weighted by atomic mass is 10.1. The van der Waals surface area contributed by atoms with E-state index >= 15 is 0 Å². The number of rotatable bonds is 6. The van der Waals surface area contributed by atoms with Crippen molar-refractivity contribution >= 4 is 36.1 Å². The van der Waals surface area contributed by atoms with Crippen LogP contribution in [0.5, 0.6) is 5.75 Å². The molecule has 7 heteroatoms. The van der Waals surface area contributed by atoms with Crippen molar-refractivity contribution in [2.75, 3.05) is 17.7 Å². The van der Waals surface area contributed by atoms with Crippen molar-refractivity contribution in [1.29, 1.82) is 0 Å². The largest absolute Gasteiger partial charge is 0.497 e. The van der Waals surface area contributed by atoms with Gasteiger partial charge in [-0.1, -0.05) is 61.3 Å². The van der Waals surface area contributed by atoms with E-state index in [2.05, 4.69) is 23.4 Å². The van der Waals surface area contributed by atoms with Gasteiger partial charge in [0.2, 0.25) is 0 Å². The number of carbonyl (C=O) groups is 2. The lowest BCUT2D eigenvalue weighted by Gasteiger charge is -2.27. The predicted octanol–water partition coefficient (Wildman–Crippen LogP) is 5.06. The summed E-state index contributed by atoms with van der Waals surface area (Å²) in [5.41, 5.74) is 2.81. The number of ether oxygens (including phenoxy) is 1.